The highest BCUT2D eigenvalue weighted by atomic mass is 14.7. The lowest BCUT2D eigenvalue weighted by atomic mass is 9.88. The molecule has 1 aromatic rings. The first-order valence-electron chi connectivity index (χ1n) is 5.79. The van der Waals surface area contributed by atoms with Gasteiger partial charge in [0.25, 0.3) is 0 Å². The van der Waals surface area contributed by atoms with Gasteiger partial charge in [0.05, 0.1) is 5.69 Å². The first-order valence-corrected chi connectivity index (χ1v) is 5.79. The molecule has 1 heterocycles. The Bertz CT molecular complexity index is 400. The highest BCUT2D eigenvalue weighted by Gasteiger charge is 2.15. The maximum absolute atomic E-state index is 4.42. The summed E-state index contributed by atoms with van der Waals surface area (Å²) in [6, 6.07) is 4.63. The van der Waals surface area contributed by atoms with Crippen molar-refractivity contribution >= 4 is 11.9 Å². The van der Waals surface area contributed by atoms with E-state index in [2.05, 4.69) is 44.8 Å². The van der Waals surface area contributed by atoms with E-state index in [1.165, 1.54) is 22.4 Å². The quantitative estimate of drug-likeness (QED) is 0.680. The molecule has 0 aliphatic carbocycles. The molecule has 0 saturated carbocycles. The van der Waals surface area contributed by atoms with Gasteiger partial charge in [0.2, 0.25) is 0 Å². The van der Waals surface area contributed by atoms with Gasteiger partial charge >= 0.3 is 0 Å². The number of nitrogens with zero attached hydrogens (tertiary/aromatic N) is 1. The van der Waals surface area contributed by atoms with Crippen molar-refractivity contribution in [2.24, 2.45) is 4.99 Å². The summed E-state index contributed by atoms with van der Waals surface area (Å²) in [5.74, 6) is 1.19. The van der Waals surface area contributed by atoms with Crippen LogP contribution in [0.4, 0.5) is 5.69 Å². The van der Waals surface area contributed by atoms with E-state index in [4.69, 9.17) is 0 Å². The van der Waals surface area contributed by atoms with Crippen molar-refractivity contribution in [2.75, 3.05) is 0 Å². The standard InChI is InChI=1S/C14H19N/c1-9(2)12-7-11-5-6-15-14(11)8-13(12)10(3)4/h6-10H,5H2,1-4H3. The summed E-state index contributed by atoms with van der Waals surface area (Å²) in [7, 11) is 0. The molecule has 0 saturated heterocycles. The van der Waals surface area contributed by atoms with E-state index in [0.29, 0.717) is 11.8 Å². The predicted octanol–water partition coefficient (Wildman–Crippen LogP) is 4.19. The average molecular weight is 201 g/mol. The van der Waals surface area contributed by atoms with Gasteiger partial charge in [0.1, 0.15) is 0 Å². The molecular formula is C14H19N. The van der Waals surface area contributed by atoms with Crippen LogP contribution in [0.25, 0.3) is 0 Å². The topological polar surface area (TPSA) is 12.4 Å². The number of aliphatic imine (C=N–C) groups is 1. The molecule has 0 aromatic heterocycles. The zero-order valence-electron chi connectivity index (χ0n) is 10.0. The third-order valence-corrected chi connectivity index (χ3v) is 3.07. The molecule has 0 bridgehead atoms. The summed E-state index contributed by atoms with van der Waals surface area (Å²) in [5, 5.41) is 0. The van der Waals surface area contributed by atoms with Crippen LogP contribution in [0, 0.1) is 0 Å². The van der Waals surface area contributed by atoms with Crippen LogP contribution in [-0.2, 0) is 6.42 Å². The highest BCUT2D eigenvalue weighted by molar-refractivity contribution is 5.76. The van der Waals surface area contributed by atoms with E-state index in [0.717, 1.165) is 6.42 Å². The molecule has 1 aliphatic heterocycles. The number of benzene rings is 1. The molecule has 0 radical (unpaired) electrons. The summed E-state index contributed by atoms with van der Waals surface area (Å²) in [5.41, 5.74) is 5.53. The SMILES string of the molecule is CC(C)c1cc2c(cc1C(C)C)N=CC2. The van der Waals surface area contributed by atoms with E-state index in [-0.39, 0.29) is 0 Å². The molecule has 0 unspecified atom stereocenters. The van der Waals surface area contributed by atoms with Gasteiger partial charge in [0, 0.05) is 12.6 Å². The minimum atomic E-state index is 0.587. The largest absolute Gasteiger partial charge is 0.261 e. The number of rotatable bonds is 2. The molecule has 1 aromatic carbocycles. The third-order valence-electron chi connectivity index (χ3n) is 3.07. The second-order valence-corrected chi connectivity index (χ2v) is 4.94. The molecule has 15 heavy (non-hydrogen) atoms. The lowest BCUT2D eigenvalue weighted by molar-refractivity contribution is 0.789. The molecule has 1 aliphatic rings. The zero-order valence-corrected chi connectivity index (χ0v) is 10.0. The average Bonchev–Trinajstić information content (AvgIpc) is 2.61. The van der Waals surface area contributed by atoms with Crippen LogP contribution in [-0.4, -0.2) is 6.21 Å². The minimum Gasteiger partial charge on any atom is -0.261 e. The van der Waals surface area contributed by atoms with Gasteiger partial charge in [-0.1, -0.05) is 33.8 Å². The van der Waals surface area contributed by atoms with Gasteiger partial charge in [-0.25, -0.2) is 0 Å². The highest BCUT2D eigenvalue weighted by Crippen LogP contribution is 2.34. The molecule has 0 N–H and O–H groups in total. The predicted molar refractivity (Wildman–Crippen MR) is 66.5 cm³/mol. The molecule has 1 heteroatoms. The maximum atomic E-state index is 4.42. The number of fused-ring (bicyclic) bond motifs is 1. The molecule has 80 valence electrons. The van der Waals surface area contributed by atoms with Gasteiger partial charge in [-0.2, -0.15) is 0 Å². The Hall–Kier alpha value is -1.11. The number of hydrogen-bond acceptors (Lipinski definition) is 1. The van der Waals surface area contributed by atoms with Crippen molar-refractivity contribution in [2.45, 2.75) is 46.0 Å². The Kier molecular flexibility index (Phi) is 2.64. The monoisotopic (exact) mass is 201 g/mol. The van der Waals surface area contributed by atoms with Crippen LogP contribution in [0.3, 0.4) is 0 Å². The van der Waals surface area contributed by atoms with Crippen molar-refractivity contribution in [1.82, 2.24) is 0 Å². The normalized spacial score (nSPS) is 14.0. The second kappa shape index (κ2) is 3.80. The maximum Gasteiger partial charge on any atom is 0.0664 e. The fraction of sp³-hybridized carbons (Fsp3) is 0.500. The Morgan fingerprint density at radius 3 is 2.20 bits per heavy atom. The fourth-order valence-corrected chi connectivity index (χ4v) is 2.19. The van der Waals surface area contributed by atoms with Gasteiger partial charge in [0.15, 0.2) is 0 Å². The van der Waals surface area contributed by atoms with Gasteiger partial charge in [-0.05, 0) is 34.6 Å². The molecular weight excluding hydrogens is 182 g/mol. The van der Waals surface area contributed by atoms with Crippen LogP contribution in [0.1, 0.15) is 56.2 Å². The van der Waals surface area contributed by atoms with Crippen LogP contribution < -0.4 is 0 Å². The Morgan fingerprint density at radius 2 is 1.60 bits per heavy atom. The molecule has 0 spiro atoms. The molecule has 0 atom stereocenters. The second-order valence-electron chi connectivity index (χ2n) is 4.94. The van der Waals surface area contributed by atoms with Crippen molar-refractivity contribution < 1.29 is 0 Å². The summed E-state index contributed by atoms with van der Waals surface area (Å²) in [4.78, 5) is 4.42. The fourth-order valence-electron chi connectivity index (χ4n) is 2.19. The minimum absolute atomic E-state index is 0.587. The van der Waals surface area contributed by atoms with E-state index in [1.54, 1.807) is 0 Å². The first-order chi connectivity index (χ1) is 7.09. The Balaban J connectivity index is 2.55. The van der Waals surface area contributed by atoms with Crippen molar-refractivity contribution in [3.8, 4) is 0 Å². The van der Waals surface area contributed by atoms with Crippen LogP contribution >= 0.6 is 0 Å². The molecule has 2 rings (SSSR count). The van der Waals surface area contributed by atoms with E-state index in [1.807, 2.05) is 6.21 Å². The third kappa shape index (κ3) is 1.83. The molecule has 0 amide bonds. The smallest absolute Gasteiger partial charge is 0.0664 e. The van der Waals surface area contributed by atoms with E-state index in [9.17, 15) is 0 Å². The van der Waals surface area contributed by atoms with Crippen LogP contribution in [0.2, 0.25) is 0 Å². The van der Waals surface area contributed by atoms with E-state index >= 15 is 0 Å². The number of hydrogen-bond donors (Lipinski definition) is 0. The van der Waals surface area contributed by atoms with Gasteiger partial charge < -0.3 is 0 Å². The van der Waals surface area contributed by atoms with Gasteiger partial charge in [-0.3, -0.25) is 4.99 Å². The first kappa shape index (κ1) is 10.4. The van der Waals surface area contributed by atoms with E-state index < -0.39 is 0 Å². The lowest BCUT2D eigenvalue weighted by Crippen LogP contribution is -1.99. The summed E-state index contributed by atoms with van der Waals surface area (Å²) < 4.78 is 0. The van der Waals surface area contributed by atoms with Gasteiger partial charge in [-0.15, -0.1) is 0 Å². The summed E-state index contributed by atoms with van der Waals surface area (Å²) >= 11 is 0. The van der Waals surface area contributed by atoms with Crippen LogP contribution in [0.15, 0.2) is 17.1 Å². The van der Waals surface area contributed by atoms with Crippen molar-refractivity contribution in [3.05, 3.63) is 28.8 Å². The Morgan fingerprint density at radius 1 is 1.00 bits per heavy atom. The zero-order chi connectivity index (χ0) is 11.0. The summed E-state index contributed by atoms with van der Waals surface area (Å²) in [6.45, 7) is 9.05. The van der Waals surface area contributed by atoms with Crippen molar-refractivity contribution in [3.63, 3.8) is 0 Å². The lowest BCUT2D eigenvalue weighted by Gasteiger charge is -2.17. The Labute approximate surface area is 92.2 Å². The van der Waals surface area contributed by atoms with Crippen LogP contribution in [0.5, 0.6) is 0 Å². The van der Waals surface area contributed by atoms with Crippen molar-refractivity contribution in [1.29, 1.82) is 0 Å². The summed E-state index contributed by atoms with van der Waals surface area (Å²) in [6.07, 6.45) is 3.02. The molecule has 0 fully saturated rings. The molecule has 1 nitrogen and oxygen atoms in total.